The number of ether oxygens (including phenoxy) is 2. The normalized spacial score (nSPS) is 23.5. The highest BCUT2D eigenvalue weighted by Crippen LogP contribution is 2.41. The van der Waals surface area contributed by atoms with E-state index in [1.807, 2.05) is 59.7 Å². The number of benzene rings is 1. The van der Waals surface area contributed by atoms with Crippen LogP contribution in [0.15, 0.2) is 30.3 Å². The topological polar surface area (TPSA) is 88.2 Å². The molecule has 2 atom stereocenters. The van der Waals surface area contributed by atoms with E-state index in [4.69, 9.17) is 9.47 Å². The zero-order valence-corrected chi connectivity index (χ0v) is 23.6. The Bertz CT molecular complexity index is 945. The predicted molar refractivity (Wildman–Crippen MR) is 143 cm³/mol. The van der Waals surface area contributed by atoms with Gasteiger partial charge in [-0.05, 0) is 65.9 Å². The lowest BCUT2D eigenvalue weighted by atomic mass is 9.75. The Balaban J connectivity index is 1.69. The quantitative estimate of drug-likeness (QED) is 0.566. The Morgan fingerprint density at radius 2 is 1.57 bits per heavy atom. The second kappa shape index (κ2) is 11.4. The van der Waals surface area contributed by atoms with E-state index < -0.39 is 16.6 Å². The highest BCUT2D eigenvalue weighted by Gasteiger charge is 2.52. The van der Waals surface area contributed by atoms with E-state index in [9.17, 15) is 14.4 Å². The molecule has 0 bridgehead atoms. The monoisotopic (exact) mass is 515 g/mol. The molecule has 2 amide bonds. The van der Waals surface area contributed by atoms with Crippen LogP contribution in [0.3, 0.4) is 0 Å². The minimum absolute atomic E-state index is 0.0226. The highest BCUT2D eigenvalue weighted by atomic mass is 16.6. The number of amides is 2. The van der Waals surface area contributed by atoms with Gasteiger partial charge in [0.25, 0.3) is 0 Å². The molecule has 1 aromatic rings. The molecule has 0 unspecified atom stereocenters. The molecule has 0 aliphatic carbocycles. The summed E-state index contributed by atoms with van der Waals surface area (Å²) in [6.45, 7) is 16.1. The van der Waals surface area contributed by atoms with E-state index in [-0.39, 0.29) is 36.4 Å². The van der Waals surface area contributed by atoms with Crippen molar-refractivity contribution in [2.24, 2.45) is 11.3 Å². The number of carbonyl (C=O) groups excluding carboxylic acids is 3. The fraction of sp³-hybridized carbons (Fsp3) is 0.690. The van der Waals surface area contributed by atoms with Crippen molar-refractivity contribution in [2.75, 3.05) is 26.2 Å². The lowest BCUT2D eigenvalue weighted by Gasteiger charge is -2.37. The first-order valence-corrected chi connectivity index (χ1v) is 13.4. The van der Waals surface area contributed by atoms with Crippen LogP contribution in [-0.4, -0.2) is 71.2 Å². The third-order valence-electron chi connectivity index (χ3n) is 7.04. The summed E-state index contributed by atoms with van der Waals surface area (Å²) in [6, 6.07) is 10.1. The molecule has 2 heterocycles. The summed E-state index contributed by atoms with van der Waals surface area (Å²) in [4.78, 5) is 43.3. The number of carbonyl (C=O) groups is 3. The maximum atomic E-state index is 13.9. The second-order valence-corrected chi connectivity index (χ2v) is 12.7. The Hall–Kier alpha value is -2.61. The number of piperidine rings is 1. The van der Waals surface area contributed by atoms with Crippen LogP contribution in [0.1, 0.15) is 73.3 Å². The van der Waals surface area contributed by atoms with Gasteiger partial charge in [0.2, 0.25) is 5.91 Å². The molecule has 0 radical (unpaired) electrons. The molecule has 2 fully saturated rings. The molecule has 1 aromatic carbocycles. The van der Waals surface area contributed by atoms with E-state index in [0.717, 1.165) is 13.1 Å². The minimum atomic E-state index is -0.876. The summed E-state index contributed by atoms with van der Waals surface area (Å²) in [5.41, 5.74) is -0.855. The average Bonchev–Trinajstić information content (AvgIpc) is 3.07. The van der Waals surface area contributed by atoms with Crippen molar-refractivity contribution in [1.29, 1.82) is 0 Å². The maximum Gasteiger partial charge on any atom is 0.410 e. The molecule has 8 nitrogen and oxygen atoms in total. The molecule has 2 aliphatic rings. The van der Waals surface area contributed by atoms with Crippen LogP contribution >= 0.6 is 0 Å². The molecular formula is C29H45N3O5. The summed E-state index contributed by atoms with van der Waals surface area (Å²) in [5, 5.41) is 3.24. The number of hydrogen-bond acceptors (Lipinski definition) is 6. The first-order valence-electron chi connectivity index (χ1n) is 13.4. The number of nitrogens with one attached hydrogen (secondary N) is 1. The molecule has 2 saturated heterocycles. The number of esters is 1. The number of nitrogens with zero attached hydrogens (tertiary/aromatic N) is 2. The van der Waals surface area contributed by atoms with Gasteiger partial charge < -0.3 is 19.7 Å². The number of hydrogen-bond donors (Lipinski definition) is 1. The van der Waals surface area contributed by atoms with Crippen molar-refractivity contribution >= 4 is 18.0 Å². The van der Waals surface area contributed by atoms with Gasteiger partial charge in [-0.3, -0.25) is 14.5 Å². The molecule has 2 aliphatic heterocycles. The number of rotatable bonds is 6. The fourth-order valence-electron chi connectivity index (χ4n) is 5.25. The third-order valence-corrected chi connectivity index (χ3v) is 7.04. The Labute approximate surface area is 222 Å². The van der Waals surface area contributed by atoms with Crippen LogP contribution in [0, 0.1) is 11.3 Å². The van der Waals surface area contributed by atoms with Crippen LogP contribution in [0.5, 0.6) is 0 Å². The molecule has 37 heavy (non-hydrogen) atoms. The molecule has 3 rings (SSSR count). The van der Waals surface area contributed by atoms with Crippen molar-refractivity contribution in [3.05, 3.63) is 35.9 Å². The smallest absolute Gasteiger partial charge is 0.410 e. The molecule has 206 valence electrons. The van der Waals surface area contributed by atoms with Gasteiger partial charge in [-0.2, -0.15) is 0 Å². The van der Waals surface area contributed by atoms with E-state index in [1.54, 1.807) is 4.90 Å². The molecular weight excluding hydrogens is 470 g/mol. The van der Waals surface area contributed by atoms with E-state index in [1.165, 1.54) is 5.56 Å². The van der Waals surface area contributed by atoms with Gasteiger partial charge >= 0.3 is 12.1 Å². The van der Waals surface area contributed by atoms with Crippen LogP contribution in [0.2, 0.25) is 0 Å². The van der Waals surface area contributed by atoms with Gasteiger partial charge in [0.15, 0.2) is 0 Å². The predicted octanol–water partition coefficient (Wildman–Crippen LogP) is 4.37. The van der Waals surface area contributed by atoms with Gasteiger partial charge in [0.1, 0.15) is 11.2 Å². The van der Waals surface area contributed by atoms with Crippen molar-refractivity contribution in [3.63, 3.8) is 0 Å². The van der Waals surface area contributed by atoms with Gasteiger partial charge in [0.05, 0.1) is 11.8 Å². The van der Waals surface area contributed by atoms with Crippen molar-refractivity contribution in [2.45, 2.75) is 91.5 Å². The van der Waals surface area contributed by atoms with Gasteiger partial charge in [-0.1, -0.05) is 37.3 Å². The second-order valence-electron chi connectivity index (χ2n) is 12.7. The summed E-state index contributed by atoms with van der Waals surface area (Å²) >= 11 is 0. The zero-order chi connectivity index (χ0) is 27.4. The summed E-state index contributed by atoms with van der Waals surface area (Å²) < 4.78 is 11.1. The van der Waals surface area contributed by atoms with E-state index in [0.29, 0.717) is 32.5 Å². The minimum Gasteiger partial charge on any atom is -0.460 e. The summed E-state index contributed by atoms with van der Waals surface area (Å²) in [5.74, 6) is -0.474. The first-order chi connectivity index (χ1) is 17.2. The molecule has 8 heteroatoms. The molecule has 0 saturated carbocycles. The zero-order valence-electron chi connectivity index (χ0n) is 23.6. The third kappa shape index (κ3) is 8.19. The Morgan fingerprint density at radius 1 is 0.973 bits per heavy atom. The Kier molecular flexibility index (Phi) is 8.93. The van der Waals surface area contributed by atoms with Crippen LogP contribution < -0.4 is 5.32 Å². The standard InChI is InChI=1S/C29H45N3O5/c1-21-18-31(19-22-11-9-8-10-12-22)20-29(21,17-24(33)36-27(2,3)4)25(34)30-23-13-15-32(16-14-23)26(35)37-28(5,6)7/h8-12,21,23H,13-20H2,1-7H3,(H,30,34)/t21-,29+/m0/s1. The average molecular weight is 516 g/mol. The Morgan fingerprint density at radius 3 is 2.14 bits per heavy atom. The van der Waals surface area contributed by atoms with Crippen molar-refractivity contribution in [1.82, 2.24) is 15.1 Å². The van der Waals surface area contributed by atoms with Gasteiger partial charge in [-0.15, -0.1) is 0 Å². The lowest BCUT2D eigenvalue weighted by Crippen LogP contribution is -2.53. The van der Waals surface area contributed by atoms with Crippen LogP contribution in [0.4, 0.5) is 4.79 Å². The van der Waals surface area contributed by atoms with Crippen LogP contribution in [-0.2, 0) is 25.6 Å². The largest absolute Gasteiger partial charge is 0.460 e. The summed E-state index contributed by atoms with van der Waals surface area (Å²) in [7, 11) is 0. The van der Waals surface area contributed by atoms with Crippen LogP contribution in [0.25, 0.3) is 0 Å². The van der Waals surface area contributed by atoms with Gasteiger partial charge in [0, 0.05) is 38.8 Å². The first kappa shape index (κ1) is 29.0. The van der Waals surface area contributed by atoms with E-state index in [2.05, 4.69) is 29.3 Å². The lowest BCUT2D eigenvalue weighted by molar-refractivity contribution is -0.161. The van der Waals surface area contributed by atoms with E-state index >= 15 is 0 Å². The highest BCUT2D eigenvalue weighted by molar-refractivity contribution is 5.88. The molecule has 1 N–H and O–H groups in total. The number of likely N-dealkylation sites (tertiary alicyclic amines) is 2. The maximum absolute atomic E-state index is 13.9. The summed E-state index contributed by atoms with van der Waals surface area (Å²) in [6.07, 6.45) is 1.02. The molecule has 0 spiro atoms. The van der Waals surface area contributed by atoms with Crippen molar-refractivity contribution < 1.29 is 23.9 Å². The van der Waals surface area contributed by atoms with Crippen molar-refractivity contribution in [3.8, 4) is 0 Å². The molecule has 0 aromatic heterocycles. The fourth-order valence-corrected chi connectivity index (χ4v) is 5.25. The SMILES string of the molecule is C[C@H]1CN(Cc2ccccc2)C[C@@]1(CC(=O)OC(C)(C)C)C(=O)NC1CCN(C(=O)OC(C)(C)C)CC1. The van der Waals surface area contributed by atoms with Gasteiger partial charge in [-0.25, -0.2) is 4.79 Å².